The number of aromatic nitrogens is 4. The fourth-order valence-corrected chi connectivity index (χ4v) is 3.98. The molecular weight excluding hydrogens is 454 g/mol. The quantitative estimate of drug-likeness (QED) is 0.328. The minimum Gasteiger partial charge on any atom is -0.345 e. The number of hydrogen-bond donors (Lipinski definition) is 3. The van der Waals surface area contributed by atoms with Crippen LogP contribution in [0.15, 0.2) is 84.9 Å². The van der Waals surface area contributed by atoms with Crippen LogP contribution in [0.4, 0.5) is 16.2 Å². The van der Waals surface area contributed by atoms with E-state index < -0.39 is 0 Å². The Morgan fingerprint density at radius 3 is 2.28 bits per heavy atom. The van der Waals surface area contributed by atoms with Crippen molar-refractivity contribution in [3.8, 4) is 22.5 Å². The molecule has 0 spiro atoms. The van der Waals surface area contributed by atoms with Crippen molar-refractivity contribution in [2.75, 3.05) is 24.7 Å². The van der Waals surface area contributed by atoms with E-state index in [0.717, 1.165) is 21.9 Å². The molecule has 0 unspecified atom stereocenters. The van der Waals surface area contributed by atoms with E-state index in [0.29, 0.717) is 28.3 Å². The first kappa shape index (κ1) is 22.7. The summed E-state index contributed by atoms with van der Waals surface area (Å²) in [5, 5.41) is 22.0. The number of H-pyrrole nitrogens is 1. The van der Waals surface area contributed by atoms with Gasteiger partial charge in [-0.3, -0.25) is 4.79 Å². The molecule has 0 saturated heterocycles. The SMILES string of the molecule is CN(C)C(=O)c1ccc(-c2ccc(NC(=O)Nc3cccc4ccccc34)c(-c3nnn[nH]3)c2)cc1. The minimum absolute atomic E-state index is 0.0632. The summed E-state index contributed by atoms with van der Waals surface area (Å²) in [6.07, 6.45) is 0. The number of amides is 3. The van der Waals surface area contributed by atoms with Crippen molar-refractivity contribution >= 4 is 34.1 Å². The van der Waals surface area contributed by atoms with Gasteiger partial charge in [0.1, 0.15) is 0 Å². The Labute approximate surface area is 207 Å². The molecule has 3 N–H and O–H groups in total. The highest BCUT2D eigenvalue weighted by Crippen LogP contribution is 2.31. The number of nitrogens with zero attached hydrogens (tertiary/aromatic N) is 4. The molecule has 0 aliphatic heterocycles. The lowest BCUT2D eigenvalue weighted by Crippen LogP contribution is -2.21. The molecule has 178 valence electrons. The van der Waals surface area contributed by atoms with Crippen molar-refractivity contribution in [2.45, 2.75) is 0 Å². The lowest BCUT2D eigenvalue weighted by molar-refractivity contribution is 0.0827. The predicted molar refractivity (Wildman–Crippen MR) is 140 cm³/mol. The van der Waals surface area contributed by atoms with E-state index in [9.17, 15) is 9.59 Å². The van der Waals surface area contributed by atoms with Crippen LogP contribution in [0.3, 0.4) is 0 Å². The summed E-state index contributed by atoms with van der Waals surface area (Å²) in [6.45, 7) is 0. The van der Waals surface area contributed by atoms with Crippen LogP contribution in [-0.2, 0) is 0 Å². The molecular formula is C27H23N7O2. The van der Waals surface area contributed by atoms with Gasteiger partial charge < -0.3 is 15.5 Å². The molecule has 36 heavy (non-hydrogen) atoms. The lowest BCUT2D eigenvalue weighted by Gasteiger charge is -2.14. The van der Waals surface area contributed by atoms with E-state index >= 15 is 0 Å². The fraction of sp³-hybridized carbons (Fsp3) is 0.0741. The van der Waals surface area contributed by atoms with Crippen molar-refractivity contribution in [3.05, 3.63) is 90.5 Å². The number of tetrazole rings is 1. The van der Waals surface area contributed by atoms with Gasteiger partial charge in [0.25, 0.3) is 5.91 Å². The molecule has 1 heterocycles. The second-order valence-corrected chi connectivity index (χ2v) is 8.39. The molecule has 0 saturated carbocycles. The Kier molecular flexibility index (Phi) is 6.10. The molecule has 0 radical (unpaired) electrons. The summed E-state index contributed by atoms with van der Waals surface area (Å²) < 4.78 is 0. The highest BCUT2D eigenvalue weighted by Gasteiger charge is 2.15. The second-order valence-electron chi connectivity index (χ2n) is 8.39. The Morgan fingerprint density at radius 1 is 0.806 bits per heavy atom. The van der Waals surface area contributed by atoms with Crippen molar-refractivity contribution < 1.29 is 9.59 Å². The van der Waals surface area contributed by atoms with E-state index in [1.54, 1.807) is 32.3 Å². The maximum atomic E-state index is 12.9. The van der Waals surface area contributed by atoms with Crippen molar-refractivity contribution in [2.24, 2.45) is 0 Å². The van der Waals surface area contributed by atoms with Gasteiger partial charge in [-0.15, -0.1) is 5.10 Å². The van der Waals surface area contributed by atoms with Crippen molar-refractivity contribution in [1.82, 2.24) is 25.5 Å². The maximum Gasteiger partial charge on any atom is 0.323 e. The molecule has 5 rings (SSSR count). The lowest BCUT2D eigenvalue weighted by atomic mass is 10.00. The van der Waals surface area contributed by atoms with E-state index in [1.807, 2.05) is 66.7 Å². The van der Waals surface area contributed by atoms with E-state index in [4.69, 9.17) is 0 Å². The molecule has 9 heteroatoms. The number of nitrogens with one attached hydrogen (secondary N) is 3. The zero-order valence-corrected chi connectivity index (χ0v) is 19.7. The van der Waals surface area contributed by atoms with Crippen LogP contribution in [0.1, 0.15) is 10.4 Å². The van der Waals surface area contributed by atoms with Gasteiger partial charge in [-0.2, -0.15) is 0 Å². The number of anilines is 2. The standard InChI is InChI=1S/C27H23N7O2/c1-34(2)26(35)19-12-10-17(11-13-19)20-14-15-24(22(16-20)25-30-32-33-31-25)29-27(36)28-23-9-5-7-18-6-3-4-8-21(18)23/h3-16H,1-2H3,(H2,28,29,36)(H,30,31,32,33). The van der Waals surface area contributed by atoms with Crippen LogP contribution in [0.25, 0.3) is 33.3 Å². The van der Waals surface area contributed by atoms with Crippen molar-refractivity contribution in [1.29, 1.82) is 0 Å². The molecule has 0 aliphatic carbocycles. The number of hydrogen-bond acceptors (Lipinski definition) is 5. The zero-order chi connectivity index (χ0) is 25.1. The molecule has 0 atom stereocenters. The van der Waals surface area contributed by atoms with Crippen LogP contribution in [0.2, 0.25) is 0 Å². The third-order valence-electron chi connectivity index (χ3n) is 5.78. The number of benzene rings is 4. The Balaban J connectivity index is 1.43. The summed E-state index contributed by atoms with van der Waals surface area (Å²) in [7, 11) is 3.44. The number of urea groups is 1. The second kappa shape index (κ2) is 9.67. The van der Waals surface area contributed by atoms with Gasteiger partial charge in [-0.1, -0.05) is 54.6 Å². The van der Waals surface area contributed by atoms with Gasteiger partial charge in [0.15, 0.2) is 5.82 Å². The Morgan fingerprint density at radius 2 is 1.53 bits per heavy atom. The Bertz CT molecular complexity index is 1540. The average molecular weight is 478 g/mol. The third-order valence-corrected chi connectivity index (χ3v) is 5.78. The topological polar surface area (TPSA) is 116 Å². The smallest absolute Gasteiger partial charge is 0.323 e. The number of aromatic amines is 1. The van der Waals surface area contributed by atoms with Gasteiger partial charge in [0, 0.05) is 30.6 Å². The van der Waals surface area contributed by atoms with Gasteiger partial charge in [-0.25, -0.2) is 9.89 Å². The van der Waals surface area contributed by atoms with Gasteiger partial charge in [0.05, 0.1) is 11.4 Å². The molecule has 5 aromatic rings. The molecule has 4 aromatic carbocycles. The van der Waals surface area contributed by atoms with Crippen LogP contribution in [0.5, 0.6) is 0 Å². The van der Waals surface area contributed by atoms with E-state index in [-0.39, 0.29) is 11.9 Å². The number of carbonyl (C=O) groups is 2. The van der Waals surface area contributed by atoms with Crippen molar-refractivity contribution in [3.63, 3.8) is 0 Å². The van der Waals surface area contributed by atoms with Crippen LogP contribution in [-0.4, -0.2) is 51.6 Å². The predicted octanol–water partition coefficient (Wildman–Crippen LogP) is 5.03. The molecule has 9 nitrogen and oxygen atoms in total. The molecule has 0 bridgehead atoms. The molecule has 0 aliphatic rings. The van der Waals surface area contributed by atoms with Gasteiger partial charge in [0.2, 0.25) is 0 Å². The number of rotatable bonds is 5. The van der Waals surface area contributed by atoms with E-state index in [2.05, 4.69) is 31.3 Å². The average Bonchev–Trinajstić information content (AvgIpc) is 3.44. The monoisotopic (exact) mass is 477 g/mol. The largest absolute Gasteiger partial charge is 0.345 e. The number of fused-ring (bicyclic) bond motifs is 1. The van der Waals surface area contributed by atoms with Crippen LogP contribution in [0, 0.1) is 0 Å². The summed E-state index contributed by atoms with van der Waals surface area (Å²) in [5.74, 6) is 0.350. The Hall–Kier alpha value is -5.05. The van der Waals surface area contributed by atoms with Crippen LogP contribution >= 0.6 is 0 Å². The molecule has 3 amide bonds. The first-order valence-electron chi connectivity index (χ1n) is 11.3. The summed E-state index contributed by atoms with van der Waals surface area (Å²) in [6, 6.07) is 26.1. The molecule has 1 aromatic heterocycles. The van der Waals surface area contributed by atoms with Gasteiger partial charge >= 0.3 is 6.03 Å². The minimum atomic E-state index is -0.389. The van der Waals surface area contributed by atoms with E-state index in [1.165, 1.54) is 4.90 Å². The highest BCUT2D eigenvalue weighted by atomic mass is 16.2. The maximum absolute atomic E-state index is 12.9. The summed E-state index contributed by atoms with van der Waals surface area (Å²) in [5.41, 5.74) is 4.26. The third kappa shape index (κ3) is 4.62. The zero-order valence-electron chi connectivity index (χ0n) is 19.7. The summed E-state index contributed by atoms with van der Waals surface area (Å²) >= 11 is 0. The number of carbonyl (C=O) groups excluding carboxylic acids is 2. The fourth-order valence-electron chi connectivity index (χ4n) is 3.98. The first-order chi connectivity index (χ1) is 17.5. The first-order valence-corrected chi connectivity index (χ1v) is 11.3. The summed E-state index contributed by atoms with van der Waals surface area (Å²) in [4.78, 5) is 26.7. The highest BCUT2D eigenvalue weighted by molar-refractivity contribution is 6.07. The van der Waals surface area contributed by atoms with Gasteiger partial charge in [-0.05, 0) is 57.3 Å². The van der Waals surface area contributed by atoms with Crippen LogP contribution < -0.4 is 10.6 Å². The normalized spacial score (nSPS) is 10.7. The molecule has 0 fully saturated rings.